The van der Waals surface area contributed by atoms with Crippen LogP contribution in [0.4, 0.5) is 0 Å². The number of benzene rings is 2. The van der Waals surface area contributed by atoms with Gasteiger partial charge in [0.1, 0.15) is 11.8 Å². The van der Waals surface area contributed by atoms with Crippen molar-refractivity contribution in [1.29, 1.82) is 0 Å². The second-order valence-corrected chi connectivity index (χ2v) is 8.32. The van der Waals surface area contributed by atoms with Crippen LogP contribution < -0.4 is 10.1 Å². The summed E-state index contributed by atoms with van der Waals surface area (Å²) in [5.74, 6) is 0.118. The summed E-state index contributed by atoms with van der Waals surface area (Å²) in [5, 5.41) is 3.44. The molecule has 0 aliphatic carbocycles. The highest BCUT2D eigenvalue weighted by molar-refractivity contribution is 9.10. The molecule has 1 N–H and O–H groups in total. The number of ether oxygens (including phenoxy) is 1. The summed E-state index contributed by atoms with van der Waals surface area (Å²) in [6.07, 6.45) is 1.74. The van der Waals surface area contributed by atoms with E-state index in [1.54, 1.807) is 19.1 Å². The predicted octanol–water partition coefficient (Wildman–Crippen LogP) is 4.99. The molecule has 7 heteroatoms. The van der Waals surface area contributed by atoms with E-state index in [1.807, 2.05) is 37.3 Å². The van der Waals surface area contributed by atoms with Crippen molar-refractivity contribution in [3.63, 3.8) is 0 Å². The van der Waals surface area contributed by atoms with Crippen molar-refractivity contribution in [3.05, 3.63) is 63.1 Å². The fourth-order valence-electron chi connectivity index (χ4n) is 2.91. The van der Waals surface area contributed by atoms with Crippen molar-refractivity contribution in [3.8, 4) is 5.75 Å². The molecule has 0 bridgehead atoms. The summed E-state index contributed by atoms with van der Waals surface area (Å²) in [5.41, 5.74) is 2.02. The highest BCUT2D eigenvalue weighted by Gasteiger charge is 2.26. The van der Waals surface area contributed by atoms with E-state index in [2.05, 4.69) is 28.2 Å². The molecule has 162 valence electrons. The van der Waals surface area contributed by atoms with E-state index in [0.717, 1.165) is 22.9 Å². The molecule has 0 aliphatic heterocycles. The summed E-state index contributed by atoms with van der Waals surface area (Å²) >= 11 is 9.58. The second kappa shape index (κ2) is 12.0. The lowest BCUT2D eigenvalue weighted by Crippen LogP contribution is -2.49. The summed E-state index contributed by atoms with van der Waals surface area (Å²) in [6.45, 7) is 6.43. The third kappa shape index (κ3) is 7.03. The molecule has 2 aromatic carbocycles. The van der Waals surface area contributed by atoms with E-state index < -0.39 is 6.04 Å². The van der Waals surface area contributed by atoms with Gasteiger partial charge in [0.15, 0.2) is 6.61 Å². The third-order valence-corrected chi connectivity index (χ3v) is 5.57. The minimum Gasteiger partial charge on any atom is -0.483 e. The van der Waals surface area contributed by atoms with Crippen LogP contribution in [-0.4, -0.2) is 35.9 Å². The highest BCUT2D eigenvalue weighted by atomic mass is 79.9. The van der Waals surface area contributed by atoms with Crippen LogP contribution in [0, 0.1) is 0 Å². The average molecular weight is 496 g/mol. The number of carbonyl (C=O) groups excluding carboxylic acids is 2. The van der Waals surface area contributed by atoms with Crippen molar-refractivity contribution >= 4 is 39.3 Å². The molecule has 0 saturated heterocycles. The van der Waals surface area contributed by atoms with E-state index in [1.165, 1.54) is 10.5 Å². The fourth-order valence-corrected chi connectivity index (χ4v) is 3.67. The molecular formula is C23H28BrClN2O3. The maximum atomic E-state index is 13.0. The van der Waals surface area contributed by atoms with E-state index in [0.29, 0.717) is 17.3 Å². The molecule has 0 saturated carbocycles. The number of hydrogen-bond donors (Lipinski definition) is 1. The van der Waals surface area contributed by atoms with Crippen LogP contribution in [0.1, 0.15) is 38.3 Å². The first-order chi connectivity index (χ1) is 14.3. The van der Waals surface area contributed by atoms with Gasteiger partial charge in [-0.15, -0.1) is 0 Å². The van der Waals surface area contributed by atoms with Gasteiger partial charge in [0, 0.05) is 18.1 Å². The van der Waals surface area contributed by atoms with Crippen molar-refractivity contribution in [1.82, 2.24) is 10.2 Å². The highest BCUT2D eigenvalue weighted by Crippen LogP contribution is 2.26. The Hall–Kier alpha value is -2.05. The van der Waals surface area contributed by atoms with Crippen LogP contribution in [0.25, 0.3) is 0 Å². The van der Waals surface area contributed by atoms with E-state index >= 15 is 0 Å². The Kier molecular flexibility index (Phi) is 9.66. The Morgan fingerprint density at radius 3 is 2.57 bits per heavy atom. The van der Waals surface area contributed by atoms with E-state index in [-0.39, 0.29) is 25.0 Å². The first-order valence-corrected chi connectivity index (χ1v) is 11.3. The second-order valence-electron chi connectivity index (χ2n) is 7.03. The number of nitrogens with one attached hydrogen (secondary N) is 1. The minimum atomic E-state index is -0.641. The average Bonchev–Trinajstić information content (AvgIpc) is 2.74. The first-order valence-electron chi connectivity index (χ1n) is 10.1. The number of aryl methyl sites for hydroxylation is 1. The number of carbonyl (C=O) groups is 2. The Labute approximate surface area is 191 Å². The molecule has 0 radical (unpaired) electrons. The molecule has 2 amide bonds. The van der Waals surface area contributed by atoms with Gasteiger partial charge in [-0.1, -0.05) is 43.6 Å². The number of nitrogens with zero attached hydrogens (tertiary/aromatic N) is 1. The molecule has 1 atom stereocenters. The van der Waals surface area contributed by atoms with Crippen molar-refractivity contribution in [2.24, 2.45) is 0 Å². The number of halogens is 2. The predicted molar refractivity (Wildman–Crippen MR) is 124 cm³/mol. The van der Waals surface area contributed by atoms with Crippen molar-refractivity contribution in [2.45, 2.75) is 46.2 Å². The molecule has 2 rings (SSSR count). The standard InChI is InChI=1S/C23H28BrClN2O3/c1-4-11-26-23(29)16(3)27(14-18-7-6-8-19(25)12-18)22(28)15-30-21-10-9-17(5-2)13-20(21)24/h6-10,12-13,16H,4-5,11,14-15H2,1-3H3,(H,26,29). The van der Waals surface area contributed by atoms with Gasteiger partial charge in [0.05, 0.1) is 4.47 Å². The molecular weight excluding hydrogens is 468 g/mol. The van der Waals surface area contributed by atoms with Gasteiger partial charge in [0.2, 0.25) is 5.91 Å². The van der Waals surface area contributed by atoms with Gasteiger partial charge in [-0.2, -0.15) is 0 Å². The monoisotopic (exact) mass is 494 g/mol. The van der Waals surface area contributed by atoms with Crippen LogP contribution in [0.5, 0.6) is 5.75 Å². The number of amides is 2. The van der Waals surface area contributed by atoms with Gasteiger partial charge in [-0.05, 0) is 71.1 Å². The zero-order valence-electron chi connectivity index (χ0n) is 17.6. The van der Waals surface area contributed by atoms with Crippen molar-refractivity contribution in [2.75, 3.05) is 13.2 Å². The molecule has 5 nitrogen and oxygen atoms in total. The van der Waals surface area contributed by atoms with Crippen molar-refractivity contribution < 1.29 is 14.3 Å². The van der Waals surface area contributed by atoms with Gasteiger partial charge >= 0.3 is 0 Å². The zero-order chi connectivity index (χ0) is 22.1. The molecule has 0 heterocycles. The lowest BCUT2D eigenvalue weighted by molar-refractivity contribution is -0.142. The third-order valence-electron chi connectivity index (χ3n) is 4.71. The molecule has 0 spiro atoms. The normalized spacial score (nSPS) is 11.6. The van der Waals surface area contributed by atoms with E-state index in [9.17, 15) is 9.59 Å². The first kappa shape index (κ1) is 24.2. The van der Waals surface area contributed by atoms with Gasteiger partial charge in [-0.3, -0.25) is 9.59 Å². The molecule has 1 unspecified atom stereocenters. The fraction of sp³-hybridized carbons (Fsp3) is 0.391. The van der Waals surface area contributed by atoms with Crippen LogP contribution in [0.3, 0.4) is 0 Å². The maximum absolute atomic E-state index is 13.0. The summed E-state index contributed by atoms with van der Waals surface area (Å²) in [4.78, 5) is 27.1. The smallest absolute Gasteiger partial charge is 0.261 e. The van der Waals surface area contributed by atoms with Crippen LogP contribution in [0.2, 0.25) is 5.02 Å². The lowest BCUT2D eigenvalue weighted by atomic mass is 10.1. The quantitative estimate of drug-likeness (QED) is 0.505. The molecule has 0 aliphatic rings. The Bertz CT molecular complexity index is 875. The molecule has 0 aromatic heterocycles. The van der Waals surface area contributed by atoms with E-state index in [4.69, 9.17) is 16.3 Å². The van der Waals surface area contributed by atoms with Gasteiger partial charge in [0.25, 0.3) is 5.91 Å². The Balaban J connectivity index is 2.15. The Morgan fingerprint density at radius 1 is 1.17 bits per heavy atom. The topological polar surface area (TPSA) is 58.6 Å². The number of rotatable bonds is 10. The number of hydrogen-bond acceptors (Lipinski definition) is 3. The van der Waals surface area contributed by atoms with Crippen LogP contribution >= 0.6 is 27.5 Å². The Morgan fingerprint density at radius 2 is 1.93 bits per heavy atom. The van der Waals surface area contributed by atoms with Gasteiger partial charge in [-0.25, -0.2) is 0 Å². The van der Waals surface area contributed by atoms with Gasteiger partial charge < -0.3 is 15.0 Å². The largest absolute Gasteiger partial charge is 0.483 e. The van der Waals surface area contributed by atoms with Crippen LogP contribution in [-0.2, 0) is 22.6 Å². The summed E-state index contributed by atoms with van der Waals surface area (Å²) in [7, 11) is 0. The van der Waals surface area contributed by atoms with Crippen LogP contribution in [0.15, 0.2) is 46.9 Å². The summed E-state index contributed by atoms with van der Waals surface area (Å²) < 4.78 is 6.55. The maximum Gasteiger partial charge on any atom is 0.261 e. The molecule has 2 aromatic rings. The molecule has 0 fully saturated rings. The molecule has 30 heavy (non-hydrogen) atoms. The minimum absolute atomic E-state index is 0.171. The summed E-state index contributed by atoms with van der Waals surface area (Å²) in [6, 6.07) is 12.4. The lowest BCUT2D eigenvalue weighted by Gasteiger charge is -2.29. The zero-order valence-corrected chi connectivity index (χ0v) is 19.9. The SMILES string of the molecule is CCCNC(=O)C(C)N(Cc1cccc(Cl)c1)C(=O)COc1ccc(CC)cc1Br.